The van der Waals surface area contributed by atoms with Crippen LogP contribution < -0.4 is 16.1 Å². The highest BCUT2D eigenvalue weighted by atomic mass is 35.5. The largest absolute Gasteiger partial charge is 0.492 e. The molecule has 1 aromatic rings. The summed E-state index contributed by atoms with van der Waals surface area (Å²) in [5.74, 6) is 1.04. The van der Waals surface area contributed by atoms with Crippen LogP contribution in [0.3, 0.4) is 0 Å². The fourth-order valence-electron chi connectivity index (χ4n) is 0.887. The summed E-state index contributed by atoms with van der Waals surface area (Å²) in [4.78, 5) is 10.9. The third kappa shape index (κ3) is 4.30. The number of nitrogens with two attached hydrogens (primary N) is 1. The summed E-state index contributed by atoms with van der Waals surface area (Å²) in [5, 5.41) is 0. The van der Waals surface area contributed by atoms with E-state index in [1.165, 1.54) is 6.07 Å². The van der Waals surface area contributed by atoms with Gasteiger partial charge in [-0.2, -0.15) is 0 Å². The second kappa shape index (κ2) is 5.67. The quantitative estimate of drug-likeness (QED) is 0.827. The first kappa shape index (κ1) is 13.0. The molecule has 0 aliphatic carbocycles. The van der Waals surface area contributed by atoms with Crippen LogP contribution >= 0.6 is 12.4 Å². The zero-order chi connectivity index (χ0) is 9.84. The standard InChI is InChI=1S/C9H13NO3.ClH/c1-6(10)5-12-8-3-7(2)13-9(11)4-8;/h3-4,6H,5,10H2,1-2H3;1H. The molecule has 0 aliphatic heterocycles. The normalized spacial score (nSPS) is 11.6. The van der Waals surface area contributed by atoms with Crippen molar-refractivity contribution in [1.82, 2.24) is 0 Å². The van der Waals surface area contributed by atoms with Crippen LogP contribution in [0.15, 0.2) is 21.3 Å². The van der Waals surface area contributed by atoms with Gasteiger partial charge in [0.1, 0.15) is 18.1 Å². The average Bonchev–Trinajstić information content (AvgIpc) is 1.99. The van der Waals surface area contributed by atoms with Gasteiger partial charge in [-0.05, 0) is 13.8 Å². The van der Waals surface area contributed by atoms with Gasteiger partial charge in [0.15, 0.2) is 0 Å². The van der Waals surface area contributed by atoms with Crippen molar-refractivity contribution < 1.29 is 9.15 Å². The topological polar surface area (TPSA) is 65.5 Å². The Labute approximate surface area is 88.5 Å². The summed E-state index contributed by atoms with van der Waals surface area (Å²) < 4.78 is 10.0. The van der Waals surface area contributed by atoms with Gasteiger partial charge in [-0.1, -0.05) is 0 Å². The predicted molar refractivity (Wildman–Crippen MR) is 56.1 cm³/mol. The van der Waals surface area contributed by atoms with Crippen molar-refractivity contribution in [2.24, 2.45) is 5.73 Å². The first-order valence-electron chi connectivity index (χ1n) is 4.08. The summed E-state index contributed by atoms with van der Waals surface area (Å²) in [5.41, 5.74) is 5.09. The van der Waals surface area contributed by atoms with Crippen LogP contribution in [0.2, 0.25) is 0 Å². The predicted octanol–water partition coefficient (Wildman–Crippen LogP) is 1.10. The van der Waals surface area contributed by atoms with Crippen molar-refractivity contribution in [1.29, 1.82) is 0 Å². The van der Waals surface area contributed by atoms with Crippen molar-refractivity contribution in [2.45, 2.75) is 19.9 Å². The SMILES string of the molecule is Cc1cc(OCC(C)N)cc(=O)o1.Cl. The fraction of sp³-hybridized carbons (Fsp3) is 0.444. The van der Waals surface area contributed by atoms with Crippen molar-refractivity contribution in [3.8, 4) is 5.75 Å². The van der Waals surface area contributed by atoms with Crippen molar-refractivity contribution >= 4 is 12.4 Å². The maximum Gasteiger partial charge on any atom is 0.339 e. The number of halogens is 1. The molecule has 0 aromatic carbocycles. The number of hydrogen-bond donors (Lipinski definition) is 1. The van der Waals surface area contributed by atoms with E-state index in [1.54, 1.807) is 13.0 Å². The molecule has 1 heterocycles. The molecule has 0 bridgehead atoms. The van der Waals surface area contributed by atoms with Gasteiger partial charge in [0.2, 0.25) is 0 Å². The van der Waals surface area contributed by atoms with Gasteiger partial charge in [0.05, 0.1) is 6.07 Å². The van der Waals surface area contributed by atoms with Crippen molar-refractivity contribution in [2.75, 3.05) is 6.61 Å². The van der Waals surface area contributed by atoms with E-state index in [0.29, 0.717) is 18.1 Å². The van der Waals surface area contributed by atoms with Gasteiger partial charge < -0.3 is 14.9 Å². The molecule has 5 heteroatoms. The van der Waals surface area contributed by atoms with Gasteiger partial charge in [0, 0.05) is 12.1 Å². The van der Waals surface area contributed by atoms with E-state index < -0.39 is 5.63 Å². The summed E-state index contributed by atoms with van der Waals surface area (Å²) in [6.45, 7) is 3.92. The van der Waals surface area contributed by atoms with E-state index in [1.807, 2.05) is 6.92 Å². The van der Waals surface area contributed by atoms with Crippen molar-refractivity contribution in [3.63, 3.8) is 0 Å². The van der Waals surface area contributed by atoms with Crippen LogP contribution in [0.4, 0.5) is 0 Å². The Bertz CT molecular complexity index is 335. The highest BCUT2D eigenvalue weighted by molar-refractivity contribution is 5.85. The summed E-state index contributed by atoms with van der Waals surface area (Å²) in [7, 11) is 0. The maximum absolute atomic E-state index is 10.9. The van der Waals surface area contributed by atoms with E-state index in [0.717, 1.165) is 0 Å². The molecule has 0 radical (unpaired) electrons. The molecule has 0 spiro atoms. The van der Waals surface area contributed by atoms with Crippen molar-refractivity contribution in [3.05, 3.63) is 28.3 Å². The molecule has 0 amide bonds. The van der Waals surface area contributed by atoms with Crippen LogP contribution in [0, 0.1) is 6.92 Å². The second-order valence-corrected chi connectivity index (χ2v) is 3.01. The lowest BCUT2D eigenvalue weighted by Crippen LogP contribution is -2.23. The summed E-state index contributed by atoms with van der Waals surface area (Å²) in [6.07, 6.45) is 0. The van der Waals surface area contributed by atoms with E-state index in [-0.39, 0.29) is 18.4 Å². The molecule has 14 heavy (non-hydrogen) atoms. The van der Waals surface area contributed by atoms with E-state index in [9.17, 15) is 4.79 Å². The second-order valence-electron chi connectivity index (χ2n) is 3.01. The third-order valence-electron chi connectivity index (χ3n) is 1.38. The molecule has 0 fully saturated rings. The minimum atomic E-state index is -0.403. The minimum Gasteiger partial charge on any atom is -0.492 e. The molecule has 1 atom stereocenters. The molecule has 1 aromatic heterocycles. The lowest BCUT2D eigenvalue weighted by Gasteiger charge is -2.07. The van der Waals surface area contributed by atoms with E-state index >= 15 is 0 Å². The Morgan fingerprint density at radius 2 is 2.21 bits per heavy atom. The van der Waals surface area contributed by atoms with Crippen LogP contribution in [-0.2, 0) is 0 Å². The number of ether oxygens (including phenoxy) is 1. The molecule has 4 nitrogen and oxygen atoms in total. The summed E-state index contributed by atoms with van der Waals surface area (Å²) >= 11 is 0. The molecule has 0 saturated carbocycles. The Morgan fingerprint density at radius 3 is 2.71 bits per heavy atom. The van der Waals surface area contributed by atoms with Crippen LogP contribution in [-0.4, -0.2) is 12.6 Å². The molecule has 1 unspecified atom stereocenters. The highest BCUT2D eigenvalue weighted by Gasteiger charge is 2.00. The van der Waals surface area contributed by atoms with Gasteiger partial charge in [-0.15, -0.1) is 12.4 Å². The molecular formula is C9H14ClNO3. The molecule has 1 rings (SSSR count). The molecule has 0 saturated heterocycles. The van der Waals surface area contributed by atoms with Crippen LogP contribution in [0.1, 0.15) is 12.7 Å². The van der Waals surface area contributed by atoms with Gasteiger partial charge in [-0.25, -0.2) is 4.79 Å². The Hall–Kier alpha value is -1.00. The molecular weight excluding hydrogens is 206 g/mol. The van der Waals surface area contributed by atoms with E-state index in [2.05, 4.69) is 0 Å². The number of aryl methyl sites for hydroxylation is 1. The monoisotopic (exact) mass is 219 g/mol. The Morgan fingerprint density at radius 1 is 1.57 bits per heavy atom. The van der Waals surface area contributed by atoms with Gasteiger partial charge in [-0.3, -0.25) is 0 Å². The highest BCUT2D eigenvalue weighted by Crippen LogP contribution is 2.08. The Balaban J connectivity index is 0.00000169. The van der Waals surface area contributed by atoms with Crippen LogP contribution in [0.25, 0.3) is 0 Å². The first-order valence-corrected chi connectivity index (χ1v) is 4.08. The molecule has 80 valence electrons. The maximum atomic E-state index is 10.9. The fourth-order valence-corrected chi connectivity index (χ4v) is 0.887. The minimum absolute atomic E-state index is 0. The van der Waals surface area contributed by atoms with E-state index in [4.69, 9.17) is 14.9 Å². The lowest BCUT2D eigenvalue weighted by atomic mass is 10.4. The van der Waals surface area contributed by atoms with Crippen LogP contribution in [0.5, 0.6) is 5.75 Å². The molecule has 0 aliphatic rings. The lowest BCUT2D eigenvalue weighted by molar-refractivity contribution is 0.291. The van der Waals surface area contributed by atoms with Gasteiger partial charge >= 0.3 is 5.63 Å². The Kier molecular flexibility index (Phi) is 5.27. The number of hydrogen-bond acceptors (Lipinski definition) is 4. The zero-order valence-electron chi connectivity index (χ0n) is 8.15. The third-order valence-corrected chi connectivity index (χ3v) is 1.38. The molecule has 2 N–H and O–H groups in total. The van der Waals surface area contributed by atoms with Gasteiger partial charge in [0.25, 0.3) is 0 Å². The smallest absolute Gasteiger partial charge is 0.339 e. The average molecular weight is 220 g/mol. The number of rotatable bonds is 3. The summed E-state index contributed by atoms with van der Waals surface area (Å²) in [6, 6.07) is 2.91. The first-order chi connectivity index (χ1) is 6.08. The zero-order valence-corrected chi connectivity index (χ0v) is 8.97.